The van der Waals surface area contributed by atoms with Crippen LogP contribution in [0.3, 0.4) is 0 Å². The molecule has 12 nitrogen and oxygen atoms in total. The summed E-state index contributed by atoms with van der Waals surface area (Å²) in [6.07, 6.45) is -1.85. The summed E-state index contributed by atoms with van der Waals surface area (Å²) in [6, 6.07) is 11.8. The van der Waals surface area contributed by atoms with Crippen molar-refractivity contribution in [2.45, 2.75) is 39.0 Å². The number of amides is 3. The average Bonchev–Trinajstić information content (AvgIpc) is 3.32. The Balaban J connectivity index is 1.35. The number of ether oxygens (including phenoxy) is 3. The number of hydrogen-bond acceptors (Lipinski definition) is 9. The third kappa shape index (κ3) is 11.1. The lowest BCUT2D eigenvalue weighted by Crippen LogP contribution is -2.38. The largest absolute Gasteiger partial charge is 0.484 e. The van der Waals surface area contributed by atoms with Gasteiger partial charge in [0.1, 0.15) is 23.3 Å². The molecule has 0 saturated carbocycles. The number of rotatable bonds is 15. The van der Waals surface area contributed by atoms with Gasteiger partial charge in [0.2, 0.25) is 0 Å². The minimum absolute atomic E-state index is 0.0669. The molecule has 0 radical (unpaired) electrons. The number of cyclic esters (lactones) is 1. The number of likely N-dealkylation sites (N-methyl/N-ethyl adjacent to an activating group) is 1. The molecule has 1 aliphatic rings. The van der Waals surface area contributed by atoms with E-state index in [4.69, 9.17) is 14.2 Å². The van der Waals surface area contributed by atoms with Gasteiger partial charge in [0, 0.05) is 32.7 Å². The van der Waals surface area contributed by atoms with Crippen LogP contribution in [0.5, 0.6) is 5.75 Å². The van der Waals surface area contributed by atoms with Gasteiger partial charge in [0.05, 0.1) is 24.5 Å². The summed E-state index contributed by atoms with van der Waals surface area (Å²) in [7, 11) is 1.91. The van der Waals surface area contributed by atoms with E-state index in [1.165, 1.54) is 17.0 Å². The first kappa shape index (κ1) is 32.4. The fourth-order valence-electron chi connectivity index (χ4n) is 3.91. The van der Waals surface area contributed by atoms with Gasteiger partial charge in [0.25, 0.3) is 5.91 Å². The van der Waals surface area contributed by atoms with Gasteiger partial charge in [-0.3, -0.25) is 9.69 Å². The lowest BCUT2D eigenvalue weighted by molar-refractivity contribution is -0.123. The molecular weight excluding hydrogens is 547 g/mol. The maximum absolute atomic E-state index is 14.7. The lowest BCUT2D eigenvalue weighted by atomic mass is 10.2. The Kier molecular flexibility index (Phi) is 12.2. The summed E-state index contributed by atoms with van der Waals surface area (Å²) < 4.78 is 30.7. The lowest BCUT2D eigenvalue weighted by Gasteiger charge is -2.20. The van der Waals surface area contributed by atoms with Gasteiger partial charge in [0.15, 0.2) is 6.61 Å². The summed E-state index contributed by atoms with van der Waals surface area (Å²) in [5.41, 5.74) is 1.02. The van der Waals surface area contributed by atoms with Crippen LogP contribution in [-0.4, -0.2) is 82.7 Å². The Labute approximate surface area is 245 Å². The Morgan fingerprint density at radius 3 is 2.50 bits per heavy atom. The van der Waals surface area contributed by atoms with Crippen LogP contribution in [0, 0.1) is 5.82 Å². The third-order valence-electron chi connectivity index (χ3n) is 5.95. The maximum Gasteiger partial charge on any atom is 0.414 e. The van der Waals surface area contributed by atoms with Crippen LogP contribution >= 0.6 is 0 Å². The topological polar surface area (TPSA) is 142 Å². The minimum atomic E-state index is -0.646. The van der Waals surface area contributed by atoms with E-state index in [2.05, 4.69) is 26.6 Å². The van der Waals surface area contributed by atoms with Crippen LogP contribution in [0.2, 0.25) is 0 Å². The highest BCUT2D eigenvalue weighted by molar-refractivity contribution is 5.90. The molecule has 1 heterocycles. The number of hydrogen-bond donors (Lipinski definition) is 5. The van der Waals surface area contributed by atoms with Crippen LogP contribution in [0.15, 0.2) is 42.5 Å². The van der Waals surface area contributed by atoms with Crippen molar-refractivity contribution in [2.75, 3.05) is 63.1 Å². The molecule has 0 spiro atoms. The molecule has 0 unspecified atom stereocenters. The smallest absolute Gasteiger partial charge is 0.414 e. The molecule has 42 heavy (non-hydrogen) atoms. The fraction of sp³-hybridized carbons (Fsp3) is 0.483. The Morgan fingerprint density at radius 1 is 1.05 bits per heavy atom. The highest BCUT2D eigenvalue weighted by Crippen LogP contribution is 2.26. The Hall–Kier alpha value is -4.10. The van der Waals surface area contributed by atoms with E-state index in [9.17, 15) is 18.8 Å². The van der Waals surface area contributed by atoms with Crippen LogP contribution in [0.1, 0.15) is 26.3 Å². The first-order valence-electron chi connectivity index (χ1n) is 13.9. The van der Waals surface area contributed by atoms with Crippen molar-refractivity contribution in [3.05, 3.63) is 53.8 Å². The molecule has 1 fully saturated rings. The second-order valence-electron chi connectivity index (χ2n) is 10.7. The van der Waals surface area contributed by atoms with E-state index in [-0.39, 0.29) is 44.4 Å². The SMILES string of the molecule is CNCCNCc1ccc(OCC(=O)NCCNc2ccc(N3C[C@H](CNC(=O)OC(C)(C)C)OC3=O)cc2F)cc1. The van der Waals surface area contributed by atoms with Crippen molar-refractivity contribution in [1.82, 2.24) is 21.3 Å². The van der Waals surface area contributed by atoms with Crippen molar-refractivity contribution >= 4 is 29.5 Å². The van der Waals surface area contributed by atoms with Gasteiger partial charge >= 0.3 is 12.2 Å². The quantitative estimate of drug-likeness (QED) is 0.199. The third-order valence-corrected chi connectivity index (χ3v) is 5.95. The molecule has 2 aromatic rings. The number of carbonyl (C=O) groups excluding carboxylic acids is 3. The number of nitrogens with zero attached hydrogens (tertiary/aromatic N) is 1. The number of halogens is 1. The predicted molar refractivity (Wildman–Crippen MR) is 157 cm³/mol. The van der Waals surface area contributed by atoms with Gasteiger partial charge in [-0.2, -0.15) is 0 Å². The number of nitrogens with one attached hydrogen (secondary N) is 5. The molecule has 1 saturated heterocycles. The first-order chi connectivity index (χ1) is 20.0. The number of benzene rings is 2. The molecule has 1 aliphatic heterocycles. The molecule has 5 N–H and O–H groups in total. The molecule has 3 amide bonds. The summed E-state index contributed by atoms with van der Waals surface area (Å²) in [4.78, 5) is 37.6. The molecule has 0 aliphatic carbocycles. The van der Waals surface area contributed by atoms with Gasteiger partial charge in [-0.1, -0.05) is 12.1 Å². The van der Waals surface area contributed by atoms with Gasteiger partial charge in [-0.05, 0) is 63.7 Å². The maximum atomic E-state index is 14.7. The van der Waals surface area contributed by atoms with E-state index < -0.39 is 29.7 Å². The molecule has 1 atom stereocenters. The number of carbonyl (C=O) groups is 3. The van der Waals surface area contributed by atoms with Crippen molar-refractivity contribution in [2.24, 2.45) is 0 Å². The minimum Gasteiger partial charge on any atom is -0.484 e. The van der Waals surface area contributed by atoms with E-state index >= 15 is 0 Å². The Bertz CT molecular complexity index is 1190. The van der Waals surface area contributed by atoms with E-state index in [0.29, 0.717) is 11.4 Å². The van der Waals surface area contributed by atoms with Crippen molar-refractivity contribution in [3.8, 4) is 5.75 Å². The molecule has 13 heteroatoms. The number of anilines is 2. The molecule has 230 valence electrons. The summed E-state index contributed by atoms with van der Waals surface area (Å²) in [6.45, 7) is 8.36. The second-order valence-corrected chi connectivity index (χ2v) is 10.7. The summed E-state index contributed by atoms with van der Waals surface area (Å²) in [5, 5.41) is 14.6. The first-order valence-corrected chi connectivity index (χ1v) is 13.9. The summed E-state index contributed by atoms with van der Waals surface area (Å²) in [5.74, 6) is -0.267. The van der Waals surface area contributed by atoms with E-state index in [1.807, 2.05) is 31.3 Å². The molecule has 3 rings (SSSR count). The van der Waals surface area contributed by atoms with Crippen LogP contribution in [0.4, 0.5) is 25.4 Å². The van der Waals surface area contributed by atoms with E-state index in [0.717, 1.165) is 25.2 Å². The normalized spacial score (nSPS) is 14.7. The zero-order valence-electron chi connectivity index (χ0n) is 24.6. The highest BCUT2D eigenvalue weighted by Gasteiger charge is 2.33. The predicted octanol–water partition coefficient (Wildman–Crippen LogP) is 2.59. The average molecular weight is 589 g/mol. The van der Waals surface area contributed by atoms with Crippen molar-refractivity contribution in [3.63, 3.8) is 0 Å². The standard InChI is InChI=1S/C29H41FN6O6/c1-29(2,3)42-27(38)35-17-23-18-36(28(39)41-23)21-7-10-25(24(30)15-21)33-13-14-34-26(37)19-40-22-8-5-20(6-9-22)16-32-12-11-31-4/h5-10,15,23,31-33H,11-14,16-19H2,1-4H3,(H,34,37)(H,35,38)/t23-/m0/s1. The fourth-order valence-corrected chi connectivity index (χ4v) is 3.91. The van der Waals surface area contributed by atoms with Gasteiger partial charge in [-0.25, -0.2) is 14.0 Å². The zero-order valence-corrected chi connectivity index (χ0v) is 24.6. The van der Waals surface area contributed by atoms with Gasteiger partial charge in [-0.15, -0.1) is 0 Å². The van der Waals surface area contributed by atoms with E-state index in [1.54, 1.807) is 26.8 Å². The molecule has 0 bridgehead atoms. The van der Waals surface area contributed by atoms with Gasteiger partial charge < -0.3 is 40.8 Å². The van der Waals surface area contributed by atoms with Crippen LogP contribution in [-0.2, 0) is 20.8 Å². The van der Waals surface area contributed by atoms with Crippen molar-refractivity contribution in [1.29, 1.82) is 0 Å². The molecule has 2 aromatic carbocycles. The summed E-state index contributed by atoms with van der Waals surface area (Å²) >= 11 is 0. The molecular formula is C29H41FN6O6. The van der Waals surface area contributed by atoms with Crippen molar-refractivity contribution < 1.29 is 33.0 Å². The Morgan fingerprint density at radius 2 is 1.81 bits per heavy atom. The number of alkyl carbamates (subject to hydrolysis) is 1. The van der Waals surface area contributed by atoms with Crippen LogP contribution in [0.25, 0.3) is 0 Å². The monoisotopic (exact) mass is 588 g/mol. The zero-order chi connectivity index (χ0) is 30.5. The molecule has 0 aromatic heterocycles. The second kappa shape index (κ2) is 15.8. The highest BCUT2D eigenvalue weighted by atomic mass is 19.1. The van der Waals surface area contributed by atoms with Crippen LogP contribution < -0.4 is 36.2 Å².